The number of amides is 1. The fraction of sp³-hybridized carbons (Fsp3) is 0.238. The number of thiazole rings is 1. The molecular weight excluding hydrogens is 360 g/mol. The number of aromatic nitrogens is 1. The lowest BCUT2D eigenvalue weighted by Gasteiger charge is -2.09. The number of hydrogen-bond acceptors (Lipinski definition) is 5. The van der Waals surface area contributed by atoms with Crippen molar-refractivity contribution in [1.29, 1.82) is 0 Å². The lowest BCUT2D eigenvalue weighted by molar-refractivity contribution is -0.120. The van der Waals surface area contributed by atoms with E-state index in [0.717, 1.165) is 22.7 Å². The first-order chi connectivity index (χ1) is 13.2. The fourth-order valence-corrected chi connectivity index (χ4v) is 3.51. The standard InChI is InChI=1S/C21H22N2O3S/c1-25-18-8-16(9-19(12-18)26-2)13-22-20(24)11-17-14-27-21(23-17)10-15-6-4-3-5-7-15/h3-9,12,14H,10-11,13H2,1-2H3,(H,22,24). The van der Waals surface area contributed by atoms with Gasteiger partial charge in [-0.1, -0.05) is 30.3 Å². The number of nitrogens with one attached hydrogen (secondary N) is 1. The summed E-state index contributed by atoms with van der Waals surface area (Å²) < 4.78 is 10.5. The third-order valence-electron chi connectivity index (χ3n) is 4.04. The van der Waals surface area contributed by atoms with Crippen molar-refractivity contribution in [3.63, 3.8) is 0 Å². The molecule has 6 heteroatoms. The Kier molecular flexibility index (Phi) is 6.44. The average molecular weight is 382 g/mol. The van der Waals surface area contributed by atoms with Crippen LogP contribution in [0.25, 0.3) is 0 Å². The van der Waals surface area contributed by atoms with Gasteiger partial charge in [0.25, 0.3) is 0 Å². The van der Waals surface area contributed by atoms with Gasteiger partial charge in [0.2, 0.25) is 5.91 Å². The molecule has 0 saturated carbocycles. The van der Waals surface area contributed by atoms with Crippen molar-refractivity contribution in [1.82, 2.24) is 10.3 Å². The molecule has 5 nitrogen and oxygen atoms in total. The smallest absolute Gasteiger partial charge is 0.226 e. The molecule has 1 N–H and O–H groups in total. The van der Waals surface area contributed by atoms with Gasteiger partial charge in [0.1, 0.15) is 11.5 Å². The summed E-state index contributed by atoms with van der Waals surface area (Å²) in [7, 11) is 3.21. The van der Waals surface area contributed by atoms with Crippen molar-refractivity contribution in [3.8, 4) is 11.5 Å². The van der Waals surface area contributed by atoms with E-state index in [4.69, 9.17) is 9.47 Å². The zero-order valence-electron chi connectivity index (χ0n) is 15.4. The Morgan fingerprint density at radius 1 is 1.04 bits per heavy atom. The predicted molar refractivity (Wildman–Crippen MR) is 106 cm³/mol. The van der Waals surface area contributed by atoms with Crippen LogP contribution in [0.2, 0.25) is 0 Å². The Morgan fingerprint density at radius 2 is 1.74 bits per heavy atom. The molecule has 3 aromatic rings. The number of carbonyl (C=O) groups is 1. The number of ether oxygens (including phenoxy) is 2. The van der Waals surface area contributed by atoms with E-state index in [2.05, 4.69) is 22.4 Å². The minimum Gasteiger partial charge on any atom is -0.497 e. The number of benzene rings is 2. The molecule has 0 bridgehead atoms. The summed E-state index contributed by atoms with van der Waals surface area (Å²) in [6.07, 6.45) is 1.06. The maximum Gasteiger partial charge on any atom is 0.226 e. The molecule has 0 saturated heterocycles. The second kappa shape index (κ2) is 9.19. The Bertz CT molecular complexity index is 871. The first-order valence-corrected chi connectivity index (χ1v) is 9.50. The van der Waals surface area contributed by atoms with E-state index in [1.54, 1.807) is 31.6 Å². The third-order valence-corrected chi connectivity index (χ3v) is 4.94. The molecule has 0 radical (unpaired) electrons. The van der Waals surface area contributed by atoms with Crippen LogP contribution in [0.15, 0.2) is 53.9 Å². The summed E-state index contributed by atoms with van der Waals surface area (Å²) in [5, 5.41) is 5.89. The third kappa shape index (κ3) is 5.56. The van der Waals surface area contributed by atoms with Gasteiger partial charge in [-0.15, -0.1) is 11.3 Å². The second-order valence-corrected chi connectivity index (χ2v) is 7.01. The SMILES string of the molecule is COc1cc(CNC(=O)Cc2csc(Cc3ccccc3)n2)cc(OC)c1. The largest absolute Gasteiger partial charge is 0.497 e. The van der Waals surface area contributed by atoms with Crippen molar-refractivity contribution in [2.45, 2.75) is 19.4 Å². The molecule has 1 heterocycles. The molecule has 27 heavy (non-hydrogen) atoms. The van der Waals surface area contributed by atoms with E-state index in [1.165, 1.54) is 5.56 Å². The van der Waals surface area contributed by atoms with Gasteiger partial charge >= 0.3 is 0 Å². The lowest BCUT2D eigenvalue weighted by atomic mass is 10.2. The van der Waals surface area contributed by atoms with Crippen LogP contribution in [-0.2, 0) is 24.2 Å². The molecule has 140 valence electrons. The molecule has 0 fully saturated rings. The van der Waals surface area contributed by atoms with E-state index in [1.807, 2.05) is 35.7 Å². The minimum absolute atomic E-state index is 0.0617. The zero-order chi connectivity index (χ0) is 19.1. The van der Waals surface area contributed by atoms with Crippen molar-refractivity contribution in [2.75, 3.05) is 14.2 Å². The molecule has 0 unspecified atom stereocenters. The molecule has 3 rings (SSSR count). The topological polar surface area (TPSA) is 60.5 Å². The van der Waals surface area contributed by atoms with Gasteiger partial charge in [-0.25, -0.2) is 4.98 Å². The molecule has 2 aromatic carbocycles. The molecule has 0 aliphatic carbocycles. The first kappa shape index (κ1) is 18.9. The first-order valence-electron chi connectivity index (χ1n) is 8.62. The van der Waals surface area contributed by atoms with E-state index >= 15 is 0 Å². The molecule has 0 aliphatic heterocycles. The predicted octanol–water partition coefficient (Wildman–Crippen LogP) is 3.61. The molecule has 0 aliphatic rings. The van der Waals surface area contributed by atoms with Crippen LogP contribution in [0.4, 0.5) is 0 Å². The number of nitrogens with zero attached hydrogens (tertiary/aromatic N) is 1. The van der Waals surface area contributed by atoms with Gasteiger partial charge < -0.3 is 14.8 Å². The molecule has 1 aromatic heterocycles. The van der Waals surface area contributed by atoms with E-state index in [0.29, 0.717) is 18.0 Å². The summed E-state index contributed by atoms with van der Waals surface area (Å²) in [5.41, 5.74) is 2.93. The van der Waals surface area contributed by atoms with Crippen LogP contribution < -0.4 is 14.8 Å². The normalized spacial score (nSPS) is 10.4. The number of rotatable bonds is 8. The van der Waals surface area contributed by atoms with Crippen molar-refractivity contribution in [3.05, 3.63) is 75.7 Å². The Labute approximate surface area is 163 Å². The van der Waals surface area contributed by atoms with Gasteiger partial charge in [-0.3, -0.25) is 4.79 Å². The van der Waals surface area contributed by atoms with Crippen LogP contribution >= 0.6 is 11.3 Å². The Hall–Kier alpha value is -2.86. The van der Waals surface area contributed by atoms with E-state index < -0.39 is 0 Å². The summed E-state index contributed by atoms with van der Waals surface area (Å²) in [6, 6.07) is 15.8. The fourth-order valence-electron chi connectivity index (χ4n) is 2.68. The highest BCUT2D eigenvalue weighted by Crippen LogP contribution is 2.22. The Morgan fingerprint density at radius 3 is 2.41 bits per heavy atom. The monoisotopic (exact) mass is 382 g/mol. The Balaban J connectivity index is 1.54. The van der Waals surface area contributed by atoms with Crippen LogP contribution in [0, 0.1) is 0 Å². The van der Waals surface area contributed by atoms with Gasteiger partial charge in [-0.2, -0.15) is 0 Å². The number of hydrogen-bond donors (Lipinski definition) is 1. The maximum absolute atomic E-state index is 12.3. The molecule has 0 atom stereocenters. The summed E-state index contributed by atoms with van der Waals surface area (Å²) in [6.45, 7) is 0.410. The quantitative estimate of drug-likeness (QED) is 0.647. The maximum atomic E-state index is 12.3. The minimum atomic E-state index is -0.0617. The molecule has 0 spiro atoms. The van der Waals surface area contributed by atoms with Crippen LogP contribution in [0.3, 0.4) is 0 Å². The highest BCUT2D eigenvalue weighted by atomic mass is 32.1. The van der Waals surface area contributed by atoms with Gasteiger partial charge in [0.15, 0.2) is 0 Å². The van der Waals surface area contributed by atoms with Crippen LogP contribution in [0.5, 0.6) is 11.5 Å². The number of carbonyl (C=O) groups excluding carboxylic acids is 1. The average Bonchev–Trinajstić information content (AvgIpc) is 3.13. The van der Waals surface area contributed by atoms with Gasteiger partial charge in [0, 0.05) is 24.4 Å². The van der Waals surface area contributed by atoms with E-state index in [-0.39, 0.29) is 12.3 Å². The second-order valence-electron chi connectivity index (χ2n) is 6.07. The highest BCUT2D eigenvalue weighted by Gasteiger charge is 2.09. The van der Waals surface area contributed by atoms with Crippen LogP contribution in [-0.4, -0.2) is 25.1 Å². The summed E-state index contributed by atoms with van der Waals surface area (Å²) in [4.78, 5) is 16.8. The number of methoxy groups -OCH3 is 2. The van der Waals surface area contributed by atoms with Crippen LogP contribution in [0.1, 0.15) is 21.8 Å². The van der Waals surface area contributed by atoms with Crippen molar-refractivity contribution >= 4 is 17.2 Å². The van der Waals surface area contributed by atoms with E-state index in [9.17, 15) is 4.79 Å². The highest BCUT2D eigenvalue weighted by molar-refractivity contribution is 7.09. The van der Waals surface area contributed by atoms with Crippen molar-refractivity contribution in [2.24, 2.45) is 0 Å². The molecule has 1 amide bonds. The van der Waals surface area contributed by atoms with Crippen molar-refractivity contribution < 1.29 is 14.3 Å². The van der Waals surface area contributed by atoms with Gasteiger partial charge in [0.05, 0.1) is 31.3 Å². The zero-order valence-corrected chi connectivity index (χ0v) is 16.2. The van der Waals surface area contributed by atoms with Gasteiger partial charge in [-0.05, 0) is 23.3 Å². The molecular formula is C21H22N2O3S. The lowest BCUT2D eigenvalue weighted by Crippen LogP contribution is -2.24. The summed E-state index contributed by atoms with van der Waals surface area (Å²) >= 11 is 1.59. The summed E-state index contributed by atoms with van der Waals surface area (Å²) in [5.74, 6) is 1.33.